The SMILES string of the molecule is CC1COCCN1CC1(O)CCC(C(=O)O)CC1. The summed E-state index contributed by atoms with van der Waals surface area (Å²) in [4.78, 5) is 13.2. The third-order valence-corrected chi connectivity index (χ3v) is 4.27. The molecule has 0 aromatic rings. The molecule has 1 aliphatic carbocycles. The monoisotopic (exact) mass is 257 g/mol. The normalized spacial score (nSPS) is 38.6. The zero-order valence-electron chi connectivity index (χ0n) is 11.0. The van der Waals surface area contributed by atoms with Gasteiger partial charge in [-0.25, -0.2) is 0 Å². The van der Waals surface area contributed by atoms with Gasteiger partial charge in [-0.3, -0.25) is 9.69 Å². The van der Waals surface area contributed by atoms with Crippen molar-refractivity contribution in [2.45, 2.75) is 44.2 Å². The number of hydrogen-bond acceptors (Lipinski definition) is 4. The summed E-state index contributed by atoms with van der Waals surface area (Å²) in [5, 5.41) is 19.5. The molecule has 2 aliphatic rings. The number of aliphatic hydroxyl groups is 1. The molecule has 1 atom stereocenters. The van der Waals surface area contributed by atoms with Crippen molar-refractivity contribution in [3.63, 3.8) is 0 Å². The van der Waals surface area contributed by atoms with Gasteiger partial charge in [-0.05, 0) is 32.6 Å². The first kappa shape index (κ1) is 13.8. The van der Waals surface area contributed by atoms with Crippen LogP contribution < -0.4 is 0 Å². The van der Waals surface area contributed by atoms with Crippen LogP contribution in [-0.4, -0.2) is 59.0 Å². The Bertz CT molecular complexity index is 299. The summed E-state index contributed by atoms with van der Waals surface area (Å²) < 4.78 is 5.38. The van der Waals surface area contributed by atoms with E-state index in [9.17, 15) is 9.90 Å². The van der Waals surface area contributed by atoms with Gasteiger partial charge in [0.1, 0.15) is 0 Å². The van der Waals surface area contributed by atoms with E-state index in [-0.39, 0.29) is 5.92 Å². The number of β-amino-alcohol motifs (C(OH)–C–C–N with tert-alkyl or cyclic N) is 1. The number of aliphatic carboxylic acids is 1. The summed E-state index contributed by atoms with van der Waals surface area (Å²) in [5.41, 5.74) is -0.711. The van der Waals surface area contributed by atoms with Gasteiger partial charge >= 0.3 is 5.97 Å². The molecule has 1 aliphatic heterocycles. The number of morpholine rings is 1. The van der Waals surface area contributed by atoms with Crippen molar-refractivity contribution in [1.82, 2.24) is 4.90 Å². The number of carbonyl (C=O) groups is 1. The molecule has 0 radical (unpaired) electrons. The fraction of sp³-hybridized carbons (Fsp3) is 0.923. The first-order chi connectivity index (χ1) is 8.50. The Hall–Kier alpha value is -0.650. The second-order valence-corrected chi connectivity index (χ2v) is 5.73. The maximum Gasteiger partial charge on any atom is 0.306 e. The summed E-state index contributed by atoms with van der Waals surface area (Å²) >= 11 is 0. The number of rotatable bonds is 3. The molecule has 2 fully saturated rings. The lowest BCUT2D eigenvalue weighted by Crippen LogP contribution is -2.52. The Kier molecular flexibility index (Phi) is 4.25. The molecule has 18 heavy (non-hydrogen) atoms. The zero-order valence-corrected chi connectivity index (χ0v) is 11.0. The molecule has 1 heterocycles. The minimum atomic E-state index is -0.725. The highest BCUT2D eigenvalue weighted by atomic mass is 16.5. The van der Waals surface area contributed by atoms with Crippen LogP contribution in [0.3, 0.4) is 0 Å². The Labute approximate surface area is 108 Å². The summed E-state index contributed by atoms with van der Waals surface area (Å²) in [5.74, 6) is -0.996. The maximum atomic E-state index is 10.9. The topological polar surface area (TPSA) is 70.0 Å². The van der Waals surface area contributed by atoms with Crippen LogP contribution in [-0.2, 0) is 9.53 Å². The predicted octanol–water partition coefficient (Wildman–Crippen LogP) is 0.713. The fourth-order valence-electron chi connectivity index (χ4n) is 2.93. The average Bonchev–Trinajstić information content (AvgIpc) is 2.32. The van der Waals surface area contributed by atoms with Crippen molar-refractivity contribution < 1.29 is 19.7 Å². The lowest BCUT2D eigenvalue weighted by Gasteiger charge is -2.42. The van der Waals surface area contributed by atoms with Crippen molar-refractivity contribution in [2.75, 3.05) is 26.3 Å². The van der Waals surface area contributed by atoms with Crippen LogP contribution in [0.1, 0.15) is 32.6 Å². The van der Waals surface area contributed by atoms with Gasteiger partial charge < -0.3 is 14.9 Å². The van der Waals surface area contributed by atoms with Gasteiger partial charge in [0.15, 0.2) is 0 Å². The highest BCUT2D eigenvalue weighted by Crippen LogP contribution is 2.33. The molecule has 0 amide bonds. The van der Waals surface area contributed by atoms with Crippen LogP contribution in [0.4, 0.5) is 0 Å². The van der Waals surface area contributed by atoms with E-state index in [1.165, 1.54) is 0 Å². The van der Waals surface area contributed by atoms with Crippen molar-refractivity contribution in [3.05, 3.63) is 0 Å². The van der Waals surface area contributed by atoms with E-state index >= 15 is 0 Å². The highest BCUT2D eigenvalue weighted by molar-refractivity contribution is 5.70. The molecule has 2 N–H and O–H groups in total. The van der Waals surface area contributed by atoms with Crippen molar-refractivity contribution >= 4 is 5.97 Å². The summed E-state index contributed by atoms with van der Waals surface area (Å²) in [6.07, 6.45) is 2.36. The van der Waals surface area contributed by atoms with Crippen LogP contribution in [0.15, 0.2) is 0 Å². The summed E-state index contributed by atoms with van der Waals surface area (Å²) in [6, 6.07) is 0.333. The van der Waals surface area contributed by atoms with Crippen LogP contribution >= 0.6 is 0 Å². The van der Waals surface area contributed by atoms with Crippen LogP contribution in [0.5, 0.6) is 0 Å². The van der Waals surface area contributed by atoms with E-state index in [0.29, 0.717) is 44.9 Å². The number of carboxylic acids is 1. The zero-order chi connectivity index (χ0) is 13.2. The maximum absolute atomic E-state index is 10.9. The highest BCUT2D eigenvalue weighted by Gasteiger charge is 2.38. The van der Waals surface area contributed by atoms with E-state index in [4.69, 9.17) is 9.84 Å². The van der Waals surface area contributed by atoms with Gasteiger partial charge in [-0.1, -0.05) is 0 Å². The van der Waals surface area contributed by atoms with Crippen LogP contribution in [0.2, 0.25) is 0 Å². The van der Waals surface area contributed by atoms with Crippen molar-refractivity contribution in [1.29, 1.82) is 0 Å². The van der Waals surface area contributed by atoms with E-state index in [1.807, 2.05) is 0 Å². The number of ether oxygens (including phenoxy) is 1. The van der Waals surface area contributed by atoms with Gasteiger partial charge in [-0.2, -0.15) is 0 Å². The minimum Gasteiger partial charge on any atom is -0.481 e. The Balaban J connectivity index is 1.87. The van der Waals surface area contributed by atoms with Crippen molar-refractivity contribution in [2.24, 2.45) is 5.92 Å². The standard InChI is InChI=1S/C13H23NO4/c1-10-8-18-7-6-14(10)9-13(17)4-2-11(3-5-13)12(15)16/h10-11,17H,2-9H2,1H3,(H,15,16). The second kappa shape index (κ2) is 5.55. The third kappa shape index (κ3) is 3.22. The average molecular weight is 257 g/mol. The first-order valence-corrected chi connectivity index (χ1v) is 6.77. The van der Waals surface area contributed by atoms with Gasteiger partial charge in [0, 0.05) is 19.1 Å². The Morgan fingerprint density at radius 3 is 2.67 bits per heavy atom. The third-order valence-electron chi connectivity index (χ3n) is 4.27. The van der Waals surface area contributed by atoms with E-state index in [2.05, 4.69) is 11.8 Å². The number of hydrogen-bond donors (Lipinski definition) is 2. The van der Waals surface area contributed by atoms with Crippen molar-refractivity contribution in [3.8, 4) is 0 Å². The second-order valence-electron chi connectivity index (χ2n) is 5.73. The fourth-order valence-corrected chi connectivity index (χ4v) is 2.93. The largest absolute Gasteiger partial charge is 0.481 e. The lowest BCUT2D eigenvalue weighted by atomic mass is 9.78. The van der Waals surface area contributed by atoms with E-state index in [0.717, 1.165) is 13.2 Å². The molecule has 1 saturated heterocycles. The van der Waals surface area contributed by atoms with Gasteiger partial charge in [0.05, 0.1) is 24.7 Å². The van der Waals surface area contributed by atoms with E-state index in [1.54, 1.807) is 0 Å². The van der Waals surface area contributed by atoms with E-state index < -0.39 is 11.6 Å². The molecule has 5 heteroatoms. The molecule has 104 valence electrons. The molecule has 0 aromatic carbocycles. The van der Waals surface area contributed by atoms with Crippen LogP contribution in [0.25, 0.3) is 0 Å². The van der Waals surface area contributed by atoms with Gasteiger partial charge in [-0.15, -0.1) is 0 Å². The van der Waals surface area contributed by atoms with Crippen LogP contribution in [0, 0.1) is 5.92 Å². The smallest absolute Gasteiger partial charge is 0.306 e. The molecular formula is C13H23NO4. The summed E-state index contributed by atoms with van der Waals surface area (Å²) in [7, 11) is 0. The van der Waals surface area contributed by atoms with Gasteiger partial charge in [0.2, 0.25) is 0 Å². The Morgan fingerprint density at radius 2 is 2.11 bits per heavy atom. The molecular weight excluding hydrogens is 234 g/mol. The molecule has 5 nitrogen and oxygen atoms in total. The molecule has 0 spiro atoms. The summed E-state index contributed by atoms with van der Waals surface area (Å²) in [6.45, 7) is 5.03. The molecule has 1 unspecified atom stereocenters. The molecule has 2 rings (SSSR count). The Morgan fingerprint density at radius 1 is 1.44 bits per heavy atom. The molecule has 1 saturated carbocycles. The number of carboxylic acid groups (broad SMARTS) is 1. The molecule has 0 bridgehead atoms. The lowest BCUT2D eigenvalue weighted by molar-refractivity contribution is -0.145. The molecule has 0 aromatic heterocycles. The van der Waals surface area contributed by atoms with Gasteiger partial charge in [0.25, 0.3) is 0 Å². The number of nitrogens with zero attached hydrogens (tertiary/aromatic N) is 1. The first-order valence-electron chi connectivity index (χ1n) is 6.77. The predicted molar refractivity (Wildman–Crippen MR) is 66.4 cm³/mol. The quantitative estimate of drug-likeness (QED) is 0.779. The minimum absolute atomic E-state index is 0.271.